The average Bonchev–Trinajstić information content (AvgIpc) is 3.11. The maximum absolute atomic E-state index is 12.4. The number of para-hydroxylation sites is 1. The van der Waals surface area contributed by atoms with Crippen LogP contribution in [0.15, 0.2) is 54.7 Å². The van der Waals surface area contributed by atoms with Gasteiger partial charge >= 0.3 is 5.97 Å². The summed E-state index contributed by atoms with van der Waals surface area (Å²) < 4.78 is 40.9. The number of benzene rings is 2. The number of ether oxygens (including phenoxy) is 1. The molecule has 0 saturated carbocycles. The summed E-state index contributed by atoms with van der Waals surface area (Å²) in [6.07, 6.45) is 3.62. The van der Waals surface area contributed by atoms with Gasteiger partial charge in [0.2, 0.25) is 5.91 Å². The second-order valence-corrected chi connectivity index (χ2v) is 9.43. The van der Waals surface area contributed by atoms with E-state index in [-0.39, 0.29) is 25.5 Å². The zero-order valence-electron chi connectivity index (χ0n) is 20.0. The van der Waals surface area contributed by atoms with E-state index in [9.17, 15) is 22.6 Å². The van der Waals surface area contributed by atoms with Crippen LogP contribution in [0.1, 0.15) is 43.4 Å². The van der Waals surface area contributed by atoms with E-state index in [1.165, 1.54) is 11.8 Å². The minimum atomic E-state index is -4.13. The van der Waals surface area contributed by atoms with E-state index in [0.29, 0.717) is 29.1 Å². The molecule has 1 N–H and O–H groups in total. The monoisotopic (exact) mass is 500 g/mol. The quantitative estimate of drug-likeness (QED) is 0.260. The SMILES string of the molecule is CCOC(=O)c1ccc2c(c1)n(CCCS(=O)(=O)O)c(/C=C/N(C(C)=O)c1ccccc1)[n+]2CC. The number of esters is 1. The third-order valence-corrected chi connectivity index (χ3v) is 6.27. The Balaban J connectivity index is 2.14. The summed E-state index contributed by atoms with van der Waals surface area (Å²) in [4.78, 5) is 26.2. The van der Waals surface area contributed by atoms with Crippen molar-refractivity contribution in [1.29, 1.82) is 0 Å². The Kier molecular flexibility index (Phi) is 8.42. The van der Waals surface area contributed by atoms with Gasteiger partial charge in [-0.25, -0.2) is 13.9 Å². The van der Waals surface area contributed by atoms with Crippen molar-refractivity contribution in [2.24, 2.45) is 0 Å². The number of carbonyl (C=O) groups is 2. The van der Waals surface area contributed by atoms with Gasteiger partial charge in [0, 0.05) is 37.4 Å². The molecule has 0 bridgehead atoms. The molecule has 2 aromatic carbocycles. The lowest BCUT2D eigenvalue weighted by molar-refractivity contribution is -0.670. The number of hydrogen-bond donors (Lipinski definition) is 1. The summed E-state index contributed by atoms with van der Waals surface area (Å²) in [6.45, 7) is 6.27. The highest BCUT2D eigenvalue weighted by molar-refractivity contribution is 7.85. The Morgan fingerprint density at radius 3 is 2.46 bits per heavy atom. The zero-order valence-corrected chi connectivity index (χ0v) is 20.9. The van der Waals surface area contributed by atoms with Gasteiger partial charge in [-0.1, -0.05) is 18.2 Å². The molecule has 186 valence electrons. The number of nitrogens with zero attached hydrogens (tertiary/aromatic N) is 3. The van der Waals surface area contributed by atoms with Crippen LogP contribution in [-0.2, 0) is 32.7 Å². The van der Waals surface area contributed by atoms with Gasteiger partial charge in [-0.15, -0.1) is 0 Å². The molecule has 1 aromatic heterocycles. The first-order valence-corrected chi connectivity index (χ1v) is 13.0. The smallest absolute Gasteiger partial charge is 0.338 e. The predicted octanol–water partition coefficient (Wildman–Crippen LogP) is 3.43. The fraction of sp³-hybridized carbons (Fsp3) is 0.320. The van der Waals surface area contributed by atoms with Crippen LogP contribution >= 0.6 is 0 Å². The number of anilines is 1. The maximum Gasteiger partial charge on any atom is 0.338 e. The topological polar surface area (TPSA) is 110 Å². The molecule has 0 unspecified atom stereocenters. The third-order valence-electron chi connectivity index (χ3n) is 5.47. The first kappa shape index (κ1) is 26.1. The first-order valence-electron chi connectivity index (χ1n) is 11.4. The standard InChI is InChI=1S/C25H29N3O6S/c1-4-26-22-13-12-20(25(30)34-5-2)18-23(22)28(15-9-17-35(31,32)33)24(26)14-16-27(19(3)29)21-10-7-6-8-11-21/h6-8,10-14,16,18H,4-5,9,15,17H2,1-3H3/p+1. The van der Waals surface area contributed by atoms with Crippen molar-refractivity contribution < 1.29 is 31.9 Å². The van der Waals surface area contributed by atoms with Crippen LogP contribution in [0.3, 0.4) is 0 Å². The fourth-order valence-corrected chi connectivity index (χ4v) is 4.45. The Labute approximate surface area is 205 Å². The Bertz CT molecular complexity index is 1350. The van der Waals surface area contributed by atoms with Crippen molar-refractivity contribution in [3.05, 3.63) is 66.1 Å². The highest BCUT2D eigenvalue weighted by atomic mass is 32.2. The fourth-order valence-electron chi connectivity index (χ4n) is 3.96. The lowest BCUT2D eigenvalue weighted by atomic mass is 10.2. The highest BCUT2D eigenvalue weighted by Gasteiger charge is 2.25. The molecule has 0 fully saturated rings. The molecule has 0 aliphatic rings. The van der Waals surface area contributed by atoms with Gasteiger partial charge in [0.05, 0.1) is 31.0 Å². The molecule has 0 spiro atoms. The van der Waals surface area contributed by atoms with Gasteiger partial charge in [0.25, 0.3) is 15.9 Å². The van der Waals surface area contributed by atoms with Crippen molar-refractivity contribution in [3.8, 4) is 0 Å². The molecule has 1 heterocycles. The summed E-state index contributed by atoms with van der Waals surface area (Å²) in [6, 6.07) is 14.4. The van der Waals surface area contributed by atoms with Crippen molar-refractivity contribution in [3.63, 3.8) is 0 Å². The van der Waals surface area contributed by atoms with Gasteiger partial charge in [-0.05, 0) is 38.1 Å². The van der Waals surface area contributed by atoms with Crippen molar-refractivity contribution in [2.75, 3.05) is 17.3 Å². The van der Waals surface area contributed by atoms with Crippen LogP contribution in [0.25, 0.3) is 17.1 Å². The summed E-state index contributed by atoms with van der Waals surface area (Å²) >= 11 is 0. The number of fused-ring (bicyclic) bond motifs is 1. The van der Waals surface area contributed by atoms with Gasteiger partial charge < -0.3 is 4.74 Å². The normalized spacial score (nSPS) is 11.8. The lowest BCUT2D eigenvalue weighted by Crippen LogP contribution is -2.35. The van der Waals surface area contributed by atoms with Gasteiger partial charge in [0.15, 0.2) is 11.0 Å². The van der Waals surface area contributed by atoms with Crippen molar-refractivity contribution >= 4 is 44.8 Å². The van der Waals surface area contributed by atoms with Gasteiger partial charge in [-0.2, -0.15) is 8.42 Å². The molecule has 0 atom stereocenters. The molecule has 3 aromatic rings. The first-order chi connectivity index (χ1) is 16.7. The van der Waals surface area contributed by atoms with Crippen LogP contribution in [0.2, 0.25) is 0 Å². The molecule has 10 heteroatoms. The van der Waals surface area contributed by atoms with Gasteiger partial charge in [-0.3, -0.25) is 14.2 Å². The van der Waals surface area contributed by atoms with Crippen molar-refractivity contribution in [2.45, 2.75) is 40.3 Å². The summed E-state index contributed by atoms with van der Waals surface area (Å²) in [5, 5.41) is 0. The average molecular weight is 501 g/mol. The Hall–Kier alpha value is -3.50. The van der Waals surface area contributed by atoms with Crippen LogP contribution in [0, 0.1) is 0 Å². The van der Waals surface area contributed by atoms with E-state index in [4.69, 9.17) is 4.74 Å². The van der Waals surface area contributed by atoms with Crippen LogP contribution in [0.4, 0.5) is 5.69 Å². The number of amides is 1. The predicted molar refractivity (Wildman–Crippen MR) is 133 cm³/mol. The van der Waals surface area contributed by atoms with Gasteiger partial charge in [0.1, 0.15) is 0 Å². The molecule has 9 nitrogen and oxygen atoms in total. The Morgan fingerprint density at radius 2 is 1.86 bits per heavy atom. The maximum atomic E-state index is 12.4. The molecule has 0 aliphatic carbocycles. The second-order valence-electron chi connectivity index (χ2n) is 7.86. The third kappa shape index (κ3) is 6.34. The van der Waals surface area contributed by atoms with E-state index in [1.807, 2.05) is 52.5 Å². The van der Waals surface area contributed by atoms with E-state index < -0.39 is 21.8 Å². The minimum absolute atomic E-state index is 0.159. The number of hydrogen-bond acceptors (Lipinski definition) is 5. The van der Waals surface area contributed by atoms with Crippen LogP contribution in [-0.4, -0.2) is 41.8 Å². The summed E-state index contributed by atoms with van der Waals surface area (Å²) in [7, 11) is -4.13. The molecule has 0 aliphatic heterocycles. The van der Waals surface area contributed by atoms with Crippen LogP contribution < -0.4 is 9.47 Å². The van der Waals surface area contributed by atoms with Crippen LogP contribution in [0.5, 0.6) is 0 Å². The van der Waals surface area contributed by atoms with Crippen molar-refractivity contribution in [1.82, 2.24) is 4.57 Å². The Morgan fingerprint density at radius 1 is 1.14 bits per heavy atom. The minimum Gasteiger partial charge on any atom is -0.462 e. The molecule has 1 amide bonds. The molecule has 0 saturated heterocycles. The molecule has 3 rings (SSSR count). The number of aromatic nitrogens is 2. The highest BCUT2D eigenvalue weighted by Crippen LogP contribution is 2.21. The zero-order chi connectivity index (χ0) is 25.6. The number of rotatable bonds is 10. The molecule has 0 radical (unpaired) electrons. The number of aryl methyl sites for hydroxylation is 2. The van der Waals surface area contributed by atoms with E-state index in [1.54, 1.807) is 31.3 Å². The summed E-state index contributed by atoms with van der Waals surface area (Å²) in [5.74, 6) is -0.314. The lowest BCUT2D eigenvalue weighted by Gasteiger charge is -2.15. The summed E-state index contributed by atoms with van der Waals surface area (Å²) in [5.41, 5.74) is 2.63. The second kappa shape index (κ2) is 11.3. The van der Waals surface area contributed by atoms with E-state index in [2.05, 4.69) is 0 Å². The van der Waals surface area contributed by atoms with E-state index >= 15 is 0 Å². The largest absolute Gasteiger partial charge is 0.462 e. The molecular formula is C25H30N3O6S+. The van der Waals surface area contributed by atoms with E-state index in [0.717, 1.165) is 5.52 Å². The number of carbonyl (C=O) groups excluding carboxylic acids is 2. The molecule has 35 heavy (non-hydrogen) atoms. The molecular weight excluding hydrogens is 470 g/mol. The number of imidazole rings is 1.